The monoisotopic (exact) mass is 302 g/mol. The summed E-state index contributed by atoms with van der Waals surface area (Å²) in [5, 5.41) is 4.13. The van der Waals surface area contributed by atoms with Crippen molar-refractivity contribution in [3.8, 4) is 0 Å². The molecule has 1 unspecified atom stereocenters. The molecule has 2 heterocycles. The Morgan fingerprint density at radius 1 is 1.27 bits per heavy atom. The molecule has 1 aliphatic heterocycles. The number of carbonyl (C=O) groups excluding carboxylic acids is 1. The molecule has 3 rings (SSSR count). The lowest BCUT2D eigenvalue weighted by molar-refractivity contribution is -0.129. The van der Waals surface area contributed by atoms with Crippen molar-refractivity contribution in [2.24, 2.45) is 0 Å². The Hall–Kier alpha value is -1.81. The van der Waals surface area contributed by atoms with Gasteiger partial charge in [0.25, 0.3) is 0 Å². The Labute approximate surface area is 132 Å². The van der Waals surface area contributed by atoms with E-state index >= 15 is 0 Å². The van der Waals surface area contributed by atoms with Crippen molar-refractivity contribution < 1.29 is 9.53 Å². The zero-order valence-corrected chi connectivity index (χ0v) is 14.0. The van der Waals surface area contributed by atoms with Gasteiger partial charge in [-0.1, -0.05) is 13.8 Å². The molecule has 1 fully saturated rings. The van der Waals surface area contributed by atoms with Gasteiger partial charge in [-0.25, -0.2) is 0 Å². The predicted octanol–water partition coefficient (Wildman–Crippen LogP) is 3.61. The summed E-state index contributed by atoms with van der Waals surface area (Å²) in [7, 11) is 0. The molecule has 0 aliphatic carbocycles. The molecule has 120 valence electrons. The van der Waals surface area contributed by atoms with E-state index in [2.05, 4.69) is 42.3 Å². The van der Waals surface area contributed by atoms with Crippen molar-refractivity contribution in [2.45, 2.75) is 53.2 Å². The lowest BCUT2D eigenvalue weighted by Gasteiger charge is -2.25. The van der Waals surface area contributed by atoms with Gasteiger partial charge >= 0.3 is 0 Å². The molecule has 1 aliphatic rings. The van der Waals surface area contributed by atoms with E-state index in [1.54, 1.807) is 0 Å². The minimum absolute atomic E-state index is 0.0562. The van der Waals surface area contributed by atoms with Gasteiger partial charge in [-0.05, 0) is 55.0 Å². The summed E-state index contributed by atoms with van der Waals surface area (Å²) in [4.78, 5) is 15.1. The van der Waals surface area contributed by atoms with E-state index in [1.807, 2.05) is 13.8 Å². The number of ether oxygens (including phenoxy) is 1. The van der Waals surface area contributed by atoms with Gasteiger partial charge in [-0.15, -0.1) is 0 Å². The second kappa shape index (κ2) is 7.45. The molecule has 0 saturated carbocycles. The number of nitrogens with one attached hydrogen (secondary N) is 2. The third-order valence-corrected chi connectivity index (χ3v) is 3.97. The van der Waals surface area contributed by atoms with Gasteiger partial charge in [0.2, 0.25) is 5.91 Å². The van der Waals surface area contributed by atoms with Gasteiger partial charge in [0, 0.05) is 17.8 Å². The highest BCUT2D eigenvalue weighted by atomic mass is 16.5. The van der Waals surface area contributed by atoms with Gasteiger partial charge in [0.15, 0.2) is 0 Å². The standard InChI is InChI=1S/C16H20N2O2.C2H6/c1-10-5-12-7-13(18-15(12)6-11(10)2)9-17-16(19)8-14-3-4-20-14;1-2/h5-7,14,18H,3-4,8-9H2,1-2H3,(H,17,19);1-2H3. The van der Waals surface area contributed by atoms with E-state index in [4.69, 9.17) is 4.74 Å². The van der Waals surface area contributed by atoms with E-state index in [9.17, 15) is 4.79 Å². The van der Waals surface area contributed by atoms with Crippen molar-refractivity contribution in [3.05, 3.63) is 35.0 Å². The molecule has 1 saturated heterocycles. The molecule has 2 aromatic rings. The number of aromatic amines is 1. The number of hydrogen-bond donors (Lipinski definition) is 2. The summed E-state index contributed by atoms with van der Waals surface area (Å²) in [6.45, 7) is 9.55. The number of fused-ring (bicyclic) bond motifs is 1. The van der Waals surface area contributed by atoms with Crippen molar-refractivity contribution in [1.29, 1.82) is 0 Å². The summed E-state index contributed by atoms with van der Waals surface area (Å²) >= 11 is 0. The Morgan fingerprint density at radius 3 is 2.59 bits per heavy atom. The van der Waals surface area contributed by atoms with Gasteiger partial charge in [-0.2, -0.15) is 0 Å². The summed E-state index contributed by atoms with van der Waals surface area (Å²) in [5.41, 5.74) is 4.72. The first-order valence-electron chi connectivity index (χ1n) is 8.09. The Kier molecular flexibility index (Phi) is 5.61. The van der Waals surface area contributed by atoms with Crippen LogP contribution in [0.1, 0.15) is 43.5 Å². The Morgan fingerprint density at radius 2 is 1.95 bits per heavy atom. The van der Waals surface area contributed by atoms with Crippen LogP contribution >= 0.6 is 0 Å². The number of carbonyl (C=O) groups is 1. The molecule has 4 nitrogen and oxygen atoms in total. The number of rotatable bonds is 4. The smallest absolute Gasteiger partial charge is 0.222 e. The molecule has 1 aromatic heterocycles. The molecule has 2 N–H and O–H groups in total. The maximum atomic E-state index is 11.7. The fourth-order valence-corrected chi connectivity index (χ4v) is 2.48. The molecule has 22 heavy (non-hydrogen) atoms. The van der Waals surface area contributed by atoms with Crippen LogP contribution in [0.2, 0.25) is 0 Å². The molecule has 0 radical (unpaired) electrons. The minimum atomic E-state index is 0.0562. The van der Waals surface area contributed by atoms with Crippen molar-refractivity contribution in [1.82, 2.24) is 10.3 Å². The molecular formula is C18H26N2O2. The number of H-pyrrole nitrogens is 1. The van der Waals surface area contributed by atoms with Gasteiger partial charge in [0.1, 0.15) is 0 Å². The average Bonchev–Trinajstić information content (AvgIpc) is 2.85. The number of aryl methyl sites for hydroxylation is 2. The van der Waals surface area contributed by atoms with Crippen molar-refractivity contribution >= 4 is 16.8 Å². The lowest BCUT2D eigenvalue weighted by atomic mass is 10.1. The van der Waals surface area contributed by atoms with E-state index in [0.717, 1.165) is 24.2 Å². The third-order valence-electron chi connectivity index (χ3n) is 3.97. The van der Waals surface area contributed by atoms with Gasteiger partial charge in [-0.3, -0.25) is 4.79 Å². The van der Waals surface area contributed by atoms with Crippen LogP contribution in [0.5, 0.6) is 0 Å². The SMILES string of the molecule is CC.Cc1cc2cc(CNC(=O)CC3CCO3)[nH]c2cc1C. The zero-order valence-electron chi connectivity index (χ0n) is 14.0. The Bertz CT molecular complexity index is 603. The van der Waals surface area contributed by atoms with Gasteiger partial charge < -0.3 is 15.0 Å². The third kappa shape index (κ3) is 3.89. The van der Waals surface area contributed by atoms with Crippen molar-refractivity contribution in [3.63, 3.8) is 0 Å². The van der Waals surface area contributed by atoms with Crippen LogP contribution < -0.4 is 5.32 Å². The zero-order chi connectivity index (χ0) is 16.1. The topological polar surface area (TPSA) is 54.1 Å². The predicted molar refractivity (Wildman–Crippen MR) is 89.9 cm³/mol. The molecule has 1 amide bonds. The maximum Gasteiger partial charge on any atom is 0.222 e. The Balaban J connectivity index is 0.000000847. The fraction of sp³-hybridized carbons (Fsp3) is 0.500. The largest absolute Gasteiger partial charge is 0.377 e. The first kappa shape index (κ1) is 16.6. The number of amides is 1. The van der Waals surface area contributed by atoms with E-state index < -0.39 is 0 Å². The summed E-state index contributed by atoms with van der Waals surface area (Å²) in [6.07, 6.45) is 1.60. The molecule has 1 aromatic carbocycles. The lowest BCUT2D eigenvalue weighted by Crippen LogP contribution is -2.34. The summed E-state index contributed by atoms with van der Waals surface area (Å²) < 4.78 is 5.26. The molecule has 0 bridgehead atoms. The van der Waals surface area contributed by atoms with Crippen LogP contribution in [0, 0.1) is 13.8 Å². The normalized spacial score (nSPS) is 16.6. The summed E-state index contributed by atoms with van der Waals surface area (Å²) in [6, 6.07) is 6.43. The van der Waals surface area contributed by atoms with Crippen LogP contribution in [0.25, 0.3) is 10.9 Å². The van der Waals surface area contributed by atoms with Gasteiger partial charge in [0.05, 0.1) is 19.1 Å². The van der Waals surface area contributed by atoms with E-state index in [0.29, 0.717) is 13.0 Å². The quantitative estimate of drug-likeness (QED) is 0.906. The first-order valence-corrected chi connectivity index (χ1v) is 8.09. The minimum Gasteiger partial charge on any atom is -0.377 e. The first-order chi connectivity index (χ1) is 10.6. The highest BCUT2D eigenvalue weighted by molar-refractivity contribution is 5.82. The van der Waals surface area contributed by atoms with Crippen molar-refractivity contribution in [2.75, 3.05) is 6.61 Å². The molecule has 4 heteroatoms. The second-order valence-electron chi connectivity index (χ2n) is 5.58. The van der Waals surface area contributed by atoms with Crippen LogP contribution in [0.3, 0.4) is 0 Å². The van der Waals surface area contributed by atoms with Crippen LogP contribution in [-0.4, -0.2) is 23.6 Å². The van der Waals surface area contributed by atoms with Crippen LogP contribution in [0.4, 0.5) is 0 Å². The number of hydrogen-bond acceptors (Lipinski definition) is 2. The van der Waals surface area contributed by atoms with Crippen LogP contribution in [0.15, 0.2) is 18.2 Å². The summed E-state index contributed by atoms with van der Waals surface area (Å²) in [5.74, 6) is 0.0562. The molecule has 0 spiro atoms. The molecule has 1 atom stereocenters. The maximum absolute atomic E-state index is 11.7. The number of aromatic nitrogens is 1. The average molecular weight is 302 g/mol. The number of benzene rings is 1. The van der Waals surface area contributed by atoms with E-state index in [-0.39, 0.29) is 12.0 Å². The molecular weight excluding hydrogens is 276 g/mol. The van der Waals surface area contributed by atoms with E-state index in [1.165, 1.54) is 16.5 Å². The second-order valence-corrected chi connectivity index (χ2v) is 5.58. The van der Waals surface area contributed by atoms with Crippen LogP contribution in [-0.2, 0) is 16.1 Å². The highest BCUT2D eigenvalue weighted by Gasteiger charge is 2.21. The highest BCUT2D eigenvalue weighted by Crippen LogP contribution is 2.20. The fourth-order valence-electron chi connectivity index (χ4n) is 2.48.